The molecule has 3 heterocycles. The summed E-state index contributed by atoms with van der Waals surface area (Å²) in [6.45, 7) is 5.05. The van der Waals surface area contributed by atoms with Crippen LogP contribution in [0, 0.1) is 12.8 Å². The molecule has 1 amide bonds. The summed E-state index contributed by atoms with van der Waals surface area (Å²) in [4.78, 5) is 31.3. The quantitative estimate of drug-likeness (QED) is 0.894. The molecule has 7 heteroatoms. The molecule has 2 aromatic heterocycles. The highest BCUT2D eigenvalue weighted by Crippen LogP contribution is 2.23. The van der Waals surface area contributed by atoms with E-state index in [4.69, 9.17) is 5.73 Å². The zero-order chi connectivity index (χ0) is 15.9. The average Bonchev–Trinajstić information content (AvgIpc) is 2.89. The minimum absolute atomic E-state index is 0. The zero-order valence-electron chi connectivity index (χ0n) is 13.2. The second kappa shape index (κ2) is 6.68. The Bertz CT molecular complexity index is 789. The van der Waals surface area contributed by atoms with Crippen LogP contribution in [-0.4, -0.2) is 39.3 Å². The summed E-state index contributed by atoms with van der Waals surface area (Å²) < 4.78 is 1.43. The number of aromatic nitrogens is 2. The summed E-state index contributed by atoms with van der Waals surface area (Å²) in [7, 11) is 0. The number of likely N-dealkylation sites (tertiary alicyclic amines) is 1. The maximum Gasteiger partial charge on any atom is 0.270 e. The lowest BCUT2D eigenvalue weighted by Gasteiger charge is -2.21. The number of rotatable bonds is 2. The van der Waals surface area contributed by atoms with Crippen molar-refractivity contribution in [3.8, 4) is 0 Å². The van der Waals surface area contributed by atoms with E-state index in [-0.39, 0.29) is 35.5 Å². The van der Waals surface area contributed by atoms with Crippen LogP contribution in [0.5, 0.6) is 0 Å². The molecule has 0 aliphatic carbocycles. The van der Waals surface area contributed by atoms with Crippen LogP contribution in [0.2, 0.25) is 0 Å². The Morgan fingerprint density at radius 1 is 1.43 bits per heavy atom. The van der Waals surface area contributed by atoms with Gasteiger partial charge in [0, 0.05) is 25.0 Å². The number of nitrogens with two attached hydrogens (primary N) is 1. The van der Waals surface area contributed by atoms with Gasteiger partial charge in [-0.05, 0) is 44.4 Å². The summed E-state index contributed by atoms with van der Waals surface area (Å²) in [5.74, 6) is 0.0502. The first-order valence-corrected chi connectivity index (χ1v) is 7.50. The van der Waals surface area contributed by atoms with Crippen LogP contribution in [0.25, 0.3) is 5.65 Å². The largest absolute Gasteiger partial charge is 0.335 e. The molecular weight excluding hydrogens is 316 g/mol. The van der Waals surface area contributed by atoms with Crippen molar-refractivity contribution in [3.63, 3.8) is 0 Å². The fourth-order valence-electron chi connectivity index (χ4n) is 3.08. The second-order valence-corrected chi connectivity index (χ2v) is 6.06. The lowest BCUT2D eigenvalue weighted by molar-refractivity contribution is 0.0741. The first-order valence-electron chi connectivity index (χ1n) is 7.50. The molecular formula is C16H21ClN4O2. The van der Waals surface area contributed by atoms with E-state index < -0.39 is 0 Å². The van der Waals surface area contributed by atoms with Crippen LogP contribution in [0.15, 0.2) is 29.3 Å². The predicted octanol–water partition coefficient (Wildman–Crippen LogP) is 1.23. The van der Waals surface area contributed by atoms with Crippen LogP contribution in [0.1, 0.15) is 29.3 Å². The summed E-state index contributed by atoms with van der Waals surface area (Å²) in [5, 5.41) is 0. The fraction of sp³-hybridized carbons (Fsp3) is 0.438. The minimum atomic E-state index is -0.318. The number of amides is 1. The normalized spacial score (nSPS) is 20.6. The molecule has 0 spiro atoms. The average molecular weight is 337 g/mol. The third kappa shape index (κ3) is 3.09. The van der Waals surface area contributed by atoms with Gasteiger partial charge in [0.25, 0.3) is 11.5 Å². The van der Waals surface area contributed by atoms with E-state index in [1.165, 1.54) is 10.6 Å². The zero-order valence-corrected chi connectivity index (χ0v) is 14.0. The molecule has 0 bridgehead atoms. The van der Waals surface area contributed by atoms with Crippen LogP contribution in [0.4, 0.5) is 0 Å². The fourth-order valence-corrected chi connectivity index (χ4v) is 3.08. The monoisotopic (exact) mass is 336 g/mol. The lowest BCUT2D eigenvalue weighted by Crippen LogP contribution is -2.38. The third-order valence-electron chi connectivity index (χ3n) is 4.34. The molecule has 1 saturated heterocycles. The van der Waals surface area contributed by atoms with Gasteiger partial charge >= 0.3 is 0 Å². The maximum atomic E-state index is 12.7. The van der Waals surface area contributed by atoms with Gasteiger partial charge in [0.1, 0.15) is 11.2 Å². The van der Waals surface area contributed by atoms with Gasteiger partial charge in [-0.1, -0.05) is 6.07 Å². The number of carbonyl (C=O) groups excluding carboxylic acids is 1. The van der Waals surface area contributed by atoms with Gasteiger partial charge in [0.2, 0.25) is 0 Å². The molecule has 2 aromatic rings. The van der Waals surface area contributed by atoms with Crippen molar-refractivity contribution >= 4 is 24.0 Å². The number of aryl methyl sites for hydroxylation is 1. The Morgan fingerprint density at radius 3 is 2.83 bits per heavy atom. The van der Waals surface area contributed by atoms with Gasteiger partial charge in [0.15, 0.2) is 0 Å². The van der Waals surface area contributed by atoms with Crippen molar-refractivity contribution in [1.82, 2.24) is 14.3 Å². The van der Waals surface area contributed by atoms with E-state index in [1.807, 2.05) is 19.9 Å². The van der Waals surface area contributed by atoms with Crippen molar-refractivity contribution in [2.45, 2.75) is 26.3 Å². The van der Waals surface area contributed by atoms with Gasteiger partial charge in [-0.15, -0.1) is 12.4 Å². The molecule has 6 nitrogen and oxygen atoms in total. The van der Waals surface area contributed by atoms with Crippen molar-refractivity contribution in [2.75, 3.05) is 13.1 Å². The Hall–Kier alpha value is -1.92. The molecule has 0 radical (unpaired) electrons. The first-order chi connectivity index (χ1) is 10.5. The van der Waals surface area contributed by atoms with Crippen molar-refractivity contribution in [1.29, 1.82) is 0 Å². The molecule has 0 aromatic carbocycles. The standard InChI is InChI=1S/C16H20N4O2.ClH/c1-10-3-4-14-18-7-13(16(22)20(14)8-10)15(21)19-9-12(6-17)5-11(19)2;/h3-4,7-8,11-12H,5-6,9,17H2,1-2H3;1H. The number of fused-ring (bicyclic) bond motifs is 1. The number of carbonyl (C=O) groups is 1. The molecule has 23 heavy (non-hydrogen) atoms. The summed E-state index contributed by atoms with van der Waals surface area (Å²) in [5.41, 5.74) is 6.99. The lowest BCUT2D eigenvalue weighted by atomic mass is 10.1. The summed E-state index contributed by atoms with van der Waals surface area (Å²) in [6, 6.07) is 3.75. The Morgan fingerprint density at radius 2 is 2.17 bits per heavy atom. The van der Waals surface area contributed by atoms with Crippen molar-refractivity contribution < 1.29 is 4.79 Å². The van der Waals surface area contributed by atoms with Gasteiger partial charge in [0.05, 0.1) is 0 Å². The van der Waals surface area contributed by atoms with Gasteiger partial charge < -0.3 is 10.6 Å². The molecule has 1 fully saturated rings. The Labute approximate surface area is 140 Å². The SMILES string of the molecule is Cc1ccc2ncc(C(=O)N3CC(CN)CC3C)c(=O)n2c1.Cl. The molecule has 3 rings (SSSR count). The van der Waals surface area contributed by atoms with E-state index in [2.05, 4.69) is 4.98 Å². The molecule has 0 saturated carbocycles. The van der Waals surface area contributed by atoms with E-state index in [9.17, 15) is 9.59 Å². The number of hydrogen-bond donors (Lipinski definition) is 1. The van der Waals surface area contributed by atoms with Crippen LogP contribution >= 0.6 is 12.4 Å². The number of hydrogen-bond acceptors (Lipinski definition) is 4. The van der Waals surface area contributed by atoms with E-state index in [0.29, 0.717) is 24.7 Å². The maximum absolute atomic E-state index is 12.7. The minimum Gasteiger partial charge on any atom is -0.335 e. The summed E-state index contributed by atoms with van der Waals surface area (Å²) >= 11 is 0. The number of nitrogens with zero attached hydrogens (tertiary/aromatic N) is 3. The Balaban J connectivity index is 0.00000192. The molecule has 2 N–H and O–H groups in total. The molecule has 2 unspecified atom stereocenters. The van der Waals surface area contributed by atoms with Crippen LogP contribution in [0.3, 0.4) is 0 Å². The highest BCUT2D eigenvalue weighted by Gasteiger charge is 2.33. The molecule has 124 valence electrons. The van der Waals surface area contributed by atoms with Gasteiger partial charge in [-0.25, -0.2) is 4.98 Å². The Kier molecular flexibility index (Phi) is 5.06. The highest BCUT2D eigenvalue weighted by atomic mass is 35.5. The molecule has 1 aliphatic heterocycles. The van der Waals surface area contributed by atoms with Crippen LogP contribution < -0.4 is 11.3 Å². The van der Waals surface area contributed by atoms with E-state index in [1.54, 1.807) is 17.2 Å². The van der Waals surface area contributed by atoms with Crippen molar-refractivity contribution in [3.05, 3.63) is 46.0 Å². The number of pyridine rings is 1. The second-order valence-electron chi connectivity index (χ2n) is 6.06. The van der Waals surface area contributed by atoms with Gasteiger partial charge in [-0.2, -0.15) is 0 Å². The first kappa shape index (κ1) is 17.4. The van der Waals surface area contributed by atoms with Crippen molar-refractivity contribution in [2.24, 2.45) is 11.7 Å². The smallest absolute Gasteiger partial charge is 0.270 e. The predicted molar refractivity (Wildman–Crippen MR) is 91.1 cm³/mol. The molecule has 1 aliphatic rings. The van der Waals surface area contributed by atoms with E-state index >= 15 is 0 Å². The van der Waals surface area contributed by atoms with Gasteiger partial charge in [-0.3, -0.25) is 14.0 Å². The third-order valence-corrected chi connectivity index (χ3v) is 4.34. The van der Waals surface area contributed by atoms with E-state index in [0.717, 1.165) is 12.0 Å². The summed E-state index contributed by atoms with van der Waals surface area (Å²) in [6.07, 6.45) is 3.97. The highest BCUT2D eigenvalue weighted by molar-refractivity contribution is 5.94. The van der Waals surface area contributed by atoms with Crippen LogP contribution in [-0.2, 0) is 0 Å². The number of halogens is 1. The molecule has 2 atom stereocenters. The topological polar surface area (TPSA) is 80.7 Å².